The maximum Gasteiger partial charge on any atom is 0.191 e. The Kier molecular flexibility index (Phi) is 10.2. The molecule has 2 aromatic heterocycles. The molecule has 0 bridgehead atoms. The Balaban J connectivity index is 0.00000364. The van der Waals surface area contributed by atoms with Crippen molar-refractivity contribution in [1.82, 2.24) is 30.4 Å². The summed E-state index contributed by atoms with van der Waals surface area (Å²) in [6.45, 7) is 13.9. The van der Waals surface area contributed by atoms with Gasteiger partial charge in [-0.3, -0.25) is 4.99 Å². The minimum Gasteiger partial charge on any atom is -0.357 e. The number of thiazole rings is 1. The Morgan fingerprint density at radius 1 is 1.26 bits per heavy atom. The van der Waals surface area contributed by atoms with Crippen LogP contribution in [0.15, 0.2) is 16.7 Å². The van der Waals surface area contributed by atoms with Gasteiger partial charge in [-0.1, -0.05) is 27.7 Å². The number of halogens is 1. The van der Waals surface area contributed by atoms with E-state index in [0.29, 0.717) is 0 Å². The molecular formula is C18H32IN7S. The molecule has 0 spiro atoms. The first-order valence-electron chi connectivity index (χ1n) is 9.27. The number of hydrogen-bond acceptors (Lipinski definition) is 5. The number of aromatic nitrogens is 4. The summed E-state index contributed by atoms with van der Waals surface area (Å²) in [5.74, 6) is 1.85. The Labute approximate surface area is 183 Å². The zero-order valence-electron chi connectivity index (χ0n) is 16.9. The van der Waals surface area contributed by atoms with Crippen LogP contribution < -0.4 is 10.6 Å². The third kappa shape index (κ3) is 7.73. The van der Waals surface area contributed by atoms with Crippen LogP contribution in [-0.2, 0) is 24.8 Å². The lowest BCUT2D eigenvalue weighted by Gasteiger charge is -2.14. The molecule has 2 aromatic rings. The Hall–Kier alpha value is -1.23. The average Bonchev–Trinajstić information content (AvgIpc) is 3.23. The number of nitrogens with one attached hydrogen (secondary N) is 2. The van der Waals surface area contributed by atoms with Gasteiger partial charge >= 0.3 is 0 Å². The Morgan fingerprint density at radius 2 is 2.04 bits per heavy atom. The zero-order chi connectivity index (χ0) is 19.0. The molecule has 0 atom stereocenters. The molecule has 27 heavy (non-hydrogen) atoms. The van der Waals surface area contributed by atoms with Crippen LogP contribution in [-0.4, -0.2) is 45.3 Å². The first-order chi connectivity index (χ1) is 12.4. The fourth-order valence-electron chi connectivity index (χ4n) is 2.41. The topological polar surface area (TPSA) is 80.0 Å². The van der Waals surface area contributed by atoms with E-state index in [9.17, 15) is 0 Å². The third-order valence-corrected chi connectivity index (χ3v) is 4.83. The maximum absolute atomic E-state index is 4.73. The van der Waals surface area contributed by atoms with Gasteiger partial charge in [0.1, 0.15) is 12.2 Å². The average molecular weight is 505 g/mol. The van der Waals surface area contributed by atoms with Gasteiger partial charge in [-0.05, 0) is 6.92 Å². The van der Waals surface area contributed by atoms with Gasteiger partial charge in [-0.15, -0.1) is 45.5 Å². The minimum absolute atomic E-state index is 0. The summed E-state index contributed by atoms with van der Waals surface area (Å²) in [6, 6.07) is 0. The standard InChI is InChI=1S/C18H31N7S.HI/c1-6-15-24-22-13-25(15)11-10-21-17(19-7-2)20-9-8-16-23-14(12-26-16)18(3,4)5;/h12-13H,6-11H2,1-5H3,(H2,19,20,21);1H. The second kappa shape index (κ2) is 11.6. The first-order valence-corrected chi connectivity index (χ1v) is 10.2. The van der Waals surface area contributed by atoms with E-state index >= 15 is 0 Å². The van der Waals surface area contributed by atoms with Gasteiger partial charge in [-0.25, -0.2) is 4.98 Å². The second-order valence-corrected chi connectivity index (χ2v) is 8.05. The van der Waals surface area contributed by atoms with Crippen LogP contribution in [0.3, 0.4) is 0 Å². The van der Waals surface area contributed by atoms with Crippen LogP contribution in [0.25, 0.3) is 0 Å². The second-order valence-electron chi connectivity index (χ2n) is 7.11. The van der Waals surface area contributed by atoms with E-state index in [-0.39, 0.29) is 29.4 Å². The quantitative estimate of drug-likeness (QED) is 0.328. The molecule has 9 heteroatoms. The van der Waals surface area contributed by atoms with E-state index in [2.05, 4.69) is 70.4 Å². The lowest BCUT2D eigenvalue weighted by Crippen LogP contribution is -2.39. The molecule has 0 amide bonds. The Bertz CT molecular complexity index is 703. The van der Waals surface area contributed by atoms with Gasteiger partial charge in [0.05, 0.1) is 10.7 Å². The van der Waals surface area contributed by atoms with Crippen LogP contribution in [0.5, 0.6) is 0 Å². The lowest BCUT2D eigenvalue weighted by molar-refractivity contribution is 0.571. The van der Waals surface area contributed by atoms with Crippen molar-refractivity contribution in [2.45, 2.75) is 59.4 Å². The predicted octanol–water partition coefficient (Wildman–Crippen LogP) is 3.01. The van der Waals surface area contributed by atoms with Crippen LogP contribution in [0, 0.1) is 0 Å². The highest BCUT2D eigenvalue weighted by atomic mass is 127. The highest BCUT2D eigenvalue weighted by Gasteiger charge is 2.17. The summed E-state index contributed by atoms with van der Waals surface area (Å²) in [5, 5.41) is 18.0. The summed E-state index contributed by atoms with van der Waals surface area (Å²) in [7, 11) is 0. The van der Waals surface area contributed by atoms with Crippen molar-refractivity contribution in [1.29, 1.82) is 0 Å². The molecule has 0 saturated heterocycles. The number of aryl methyl sites for hydroxylation is 1. The van der Waals surface area contributed by atoms with E-state index in [1.54, 1.807) is 17.7 Å². The van der Waals surface area contributed by atoms with E-state index < -0.39 is 0 Å². The molecule has 2 rings (SSSR count). The summed E-state index contributed by atoms with van der Waals surface area (Å²) in [5.41, 5.74) is 1.26. The zero-order valence-corrected chi connectivity index (χ0v) is 20.1. The van der Waals surface area contributed by atoms with Crippen molar-refractivity contribution in [3.8, 4) is 0 Å². The lowest BCUT2D eigenvalue weighted by atomic mass is 9.93. The highest BCUT2D eigenvalue weighted by molar-refractivity contribution is 14.0. The van der Waals surface area contributed by atoms with E-state index in [4.69, 9.17) is 4.98 Å². The van der Waals surface area contributed by atoms with Crippen LogP contribution >= 0.6 is 35.3 Å². The molecule has 2 N–H and O–H groups in total. The molecule has 0 fully saturated rings. The van der Waals surface area contributed by atoms with Gasteiger partial charge in [0.15, 0.2) is 5.96 Å². The van der Waals surface area contributed by atoms with Gasteiger partial charge in [0.25, 0.3) is 0 Å². The number of guanidine groups is 1. The maximum atomic E-state index is 4.73. The predicted molar refractivity (Wildman–Crippen MR) is 123 cm³/mol. The van der Waals surface area contributed by atoms with Crippen molar-refractivity contribution in [2.75, 3.05) is 19.6 Å². The highest BCUT2D eigenvalue weighted by Crippen LogP contribution is 2.23. The molecular weight excluding hydrogens is 473 g/mol. The fraction of sp³-hybridized carbons (Fsp3) is 0.667. The number of rotatable bonds is 8. The summed E-state index contributed by atoms with van der Waals surface area (Å²) >= 11 is 1.72. The first kappa shape index (κ1) is 23.8. The molecule has 0 aliphatic carbocycles. The number of aliphatic imine (C=N–C) groups is 1. The van der Waals surface area contributed by atoms with Crippen molar-refractivity contribution in [3.05, 3.63) is 28.2 Å². The smallest absolute Gasteiger partial charge is 0.191 e. The van der Waals surface area contributed by atoms with Crippen molar-refractivity contribution in [3.63, 3.8) is 0 Å². The minimum atomic E-state index is 0. The summed E-state index contributed by atoms with van der Waals surface area (Å²) in [6.07, 6.45) is 3.53. The summed E-state index contributed by atoms with van der Waals surface area (Å²) < 4.78 is 2.07. The van der Waals surface area contributed by atoms with E-state index in [0.717, 1.165) is 61.5 Å². The van der Waals surface area contributed by atoms with E-state index in [1.165, 1.54) is 0 Å². The largest absolute Gasteiger partial charge is 0.357 e. The number of hydrogen-bond donors (Lipinski definition) is 2. The molecule has 0 aromatic carbocycles. The van der Waals surface area contributed by atoms with Crippen molar-refractivity contribution >= 4 is 41.3 Å². The normalized spacial score (nSPS) is 12.0. The van der Waals surface area contributed by atoms with Gasteiger partial charge < -0.3 is 15.2 Å². The van der Waals surface area contributed by atoms with Crippen LogP contribution in [0.2, 0.25) is 0 Å². The van der Waals surface area contributed by atoms with Crippen molar-refractivity contribution in [2.24, 2.45) is 4.99 Å². The molecule has 7 nitrogen and oxygen atoms in total. The van der Waals surface area contributed by atoms with Gasteiger partial charge in [-0.2, -0.15) is 0 Å². The van der Waals surface area contributed by atoms with Gasteiger partial charge in [0, 0.05) is 49.8 Å². The molecule has 0 saturated carbocycles. The molecule has 152 valence electrons. The monoisotopic (exact) mass is 505 g/mol. The van der Waals surface area contributed by atoms with Gasteiger partial charge in [0.2, 0.25) is 0 Å². The fourth-order valence-corrected chi connectivity index (χ4v) is 3.42. The molecule has 0 aliphatic rings. The van der Waals surface area contributed by atoms with E-state index in [1.807, 2.05) is 0 Å². The van der Waals surface area contributed by atoms with Crippen molar-refractivity contribution < 1.29 is 0 Å². The molecule has 0 unspecified atom stereocenters. The van der Waals surface area contributed by atoms with Crippen LogP contribution in [0.4, 0.5) is 0 Å². The molecule has 2 heterocycles. The third-order valence-electron chi connectivity index (χ3n) is 3.92. The Morgan fingerprint density at radius 3 is 2.67 bits per heavy atom. The summed E-state index contributed by atoms with van der Waals surface area (Å²) in [4.78, 5) is 9.39. The number of nitrogens with zero attached hydrogens (tertiary/aromatic N) is 5. The van der Waals surface area contributed by atoms with Crippen LogP contribution in [0.1, 0.15) is 51.1 Å². The molecule has 0 radical (unpaired) electrons. The molecule has 0 aliphatic heterocycles. The SMILES string of the molecule is CCNC(=NCCc1nc(C(C)(C)C)cs1)NCCn1cnnc1CC.I.